The maximum atomic E-state index is 5.52. The fourth-order valence-electron chi connectivity index (χ4n) is 1.25. The first kappa shape index (κ1) is 7.71. The van der Waals surface area contributed by atoms with Crippen LogP contribution in [-0.4, -0.2) is 18.2 Å². The molecule has 2 heterocycles. The van der Waals surface area contributed by atoms with Crippen LogP contribution in [-0.2, 0) is 11.3 Å². The van der Waals surface area contributed by atoms with Crippen LogP contribution in [0.2, 0.25) is 0 Å². The first-order chi connectivity index (χ1) is 5.90. The number of hydrogen-bond acceptors (Lipinski definition) is 3. The number of hydrogen-bond donors (Lipinski definition) is 1. The molecule has 0 saturated carbocycles. The summed E-state index contributed by atoms with van der Waals surface area (Å²) in [7, 11) is 0. The minimum Gasteiger partial charge on any atom is -0.380 e. The molecule has 0 amide bonds. The van der Waals surface area contributed by atoms with Gasteiger partial charge in [-0.1, -0.05) is 0 Å². The van der Waals surface area contributed by atoms with Crippen LogP contribution in [0.15, 0.2) is 18.3 Å². The fraction of sp³-hybridized carbons (Fsp3) is 0.444. The van der Waals surface area contributed by atoms with Gasteiger partial charge in [0.1, 0.15) is 0 Å². The van der Waals surface area contributed by atoms with E-state index in [0.717, 1.165) is 24.5 Å². The van der Waals surface area contributed by atoms with E-state index in [0.29, 0.717) is 12.5 Å². The van der Waals surface area contributed by atoms with E-state index in [2.05, 4.69) is 11.1 Å². The zero-order valence-corrected chi connectivity index (χ0v) is 6.86. The Morgan fingerprint density at radius 2 is 2.42 bits per heavy atom. The van der Waals surface area contributed by atoms with Gasteiger partial charge >= 0.3 is 0 Å². The van der Waals surface area contributed by atoms with Gasteiger partial charge in [-0.25, -0.2) is 0 Å². The van der Waals surface area contributed by atoms with Gasteiger partial charge < -0.3 is 10.5 Å². The monoisotopic (exact) mass is 164 g/mol. The average molecular weight is 164 g/mol. The number of aromatic nitrogens is 1. The van der Waals surface area contributed by atoms with Gasteiger partial charge in [0.25, 0.3) is 0 Å². The molecule has 0 unspecified atom stereocenters. The molecule has 1 aromatic heterocycles. The smallest absolute Gasteiger partial charge is 0.0572 e. The van der Waals surface area contributed by atoms with Crippen LogP contribution in [0.4, 0.5) is 0 Å². The van der Waals surface area contributed by atoms with Gasteiger partial charge in [-0.15, -0.1) is 0 Å². The predicted molar refractivity (Wildman–Crippen MR) is 45.7 cm³/mol. The molecule has 0 radical (unpaired) electrons. The van der Waals surface area contributed by atoms with Gasteiger partial charge in [-0.2, -0.15) is 0 Å². The second kappa shape index (κ2) is 3.21. The maximum absolute atomic E-state index is 5.52. The highest BCUT2D eigenvalue weighted by atomic mass is 16.5. The van der Waals surface area contributed by atoms with Gasteiger partial charge in [0.2, 0.25) is 0 Å². The zero-order chi connectivity index (χ0) is 8.39. The Morgan fingerprint density at radius 3 is 3.00 bits per heavy atom. The molecule has 1 aliphatic heterocycles. The summed E-state index contributed by atoms with van der Waals surface area (Å²) in [6, 6.07) is 4.01. The summed E-state index contributed by atoms with van der Waals surface area (Å²) in [6.07, 6.45) is 1.82. The fourth-order valence-corrected chi connectivity index (χ4v) is 1.25. The second-order valence-corrected chi connectivity index (χ2v) is 3.03. The molecule has 1 saturated heterocycles. The minimum absolute atomic E-state index is 0.497. The summed E-state index contributed by atoms with van der Waals surface area (Å²) >= 11 is 0. The highest BCUT2D eigenvalue weighted by Gasteiger charge is 2.21. The van der Waals surface area contributed by atoms with E-state index >= 15 is 0 Å². The van der Waals surface area contributed by atoms with Gasteiger partial charge in [-0.05, 0) is 17.7 Å². The van der Waals surface area contributed by atoms with E-state index < -0.39 is 0 Å². The lowest BCUT2D eigenvalue weighted by atomic mass is 10.0. The molecule has 0 aliphatic carbocycles. The lowest BCUT2D eigenvalue weighted by Gasteiger charge is -2.25. The van der Waals surface area contributed by atoms with Gasteiger partial charge in [0.15, 0.2) is 0 Å². The Hall–Kier alpha value is -0.930. The van der Waals surface area contributed by atoms with Crippen LogP contribution in [0.3, 0.4) is 0 Å². The third-order valence-corrected chi connectivity index (χ3v) is 2.14. The molecule has 0 bridgehead atoms. The van der Waals surface area contributed by atoms with Crippen LogP contribution < -0.4 is 5.73 Å². The molecule has 1 aliphatic rings. The van der Waals surface area contributed by atoms with E-state index in [-0.39, 0.29) is 0 Å². The second-order valence-electron chi connectivity index (χ2n) is 3.03. The molecule has 0 spiro atoms. The van der Waals surface area contributed by atoms with Crippen LogP contribution in [0.1, 0.15) is 17.2 Å². The molecule has 1 aromatic rings. The van der Waals surface area contributed by atoms with Crippen LogP contribution in [0.5, 0.6) is 0 Å². The summed E-state index contributed by atoms with van der Waals surface area (Å²) in [4.78, 5) is 4.27. The number of nitrogens with two attached hydrogens (primary N) is 1. The van der Waals surface area contributed by atoms with Crippen LogP contribution in [0.25, 0.3) is 0 Å². The van der Waals surface area contributed by atoms with Crippen molar-refractivity contribution < 1.29 is 4.74 Å². The predicted octanol–water partition coefficient (Wildman–Crippen LogP) is 0.654. The van der Waals surface area contributed by atoms with E-state index in [9.17, 15) is 0 Å². The van der Waals surface area contributed by atoms with Crippen molar-refractivity contribution >= 4 is 0 Å². The summed E-state index contributed by atoms with van der Waals surface area (Å²) in [6.45, 7) is 2.20. The highest BCUT2D eigenvalue weighted by molar-refractivity contribution is 5.20. The Kier molecular flexibility index (Phi) is 2.06. The molecule has 2 N–H and O–H groups in total. The molecular weight excluding hydrogens is 152 g/mol. The van der Waals surface area contributed by atoms with E-state index in [1.54, 1.807) is 0 Å². The SMILES string of the molecule is NCc1ccnc(C2COC2)c1. The van der Waals surface area contributed by atoms with E-state index in [4.69, 9.17) is 10.5 Å². The van der Waals surface area contributed by atoms with E-state index in [1.807, 2.05) is 12.3 Å². The summed E-state index contributed by atoms with van der Waals surface area (Å²) in [5, 5.41) is 0. The summed E-state index contributed by atoms with van der Waals surface area (Å²) < 4.78 is 5.09. The number of ether oxygens (including phenoxy) is 1. The number of rotatable bonds is 2. The van der Waals surface area contributed by atoms with Crippen molar-refractivity contribution in [1.82, 2.24) is 4.98 Å². The Bertz CT molecular complexity index is 271. The molecule has 2 rings (SSSR count). The van der Waals surface area contributed by atoms with Crippen molar-refractivity contribution in [3.8, 4) is 0 Å². The van der Waals surface area contributed by atoms with E-state index in [1.165, 1.54) is 0 Å². The third-order valence-electron chi connectivity index (χ3n) is 2.14. The number of pyridine rings is 1. The third kappa shape index (κ3) is 1.33. The van der Waals surface area contributed by atoms with Gasteiger partial charge in [0, 0.05) is 24.4 Å². The average Bonchev–Trinajstić information content (AvgIpc) is 2.02. The highest BCUT2D eigenvalue weighted by Crippen LogP contribution is 2.22. The van der Waals surface area contributed by atoms with Crippen LogP contribution >= 0.6 is 0 Å². The first-order valence-electron chi connectivity index (χ1n) is 4.13. The Labute approximate surface area is 71.6 Å². The molecule has 1 fully saturated rings. The van der Waals surface area contributed by atoms with Crippen molar-refractivity contribution in [2.24, 2.45) is 5.73 Å². The van der Waals surface area contributed by atoms with Gasteiger partial charge in [-0.3, -0.25) is 4.98 Å². The van der Waals surface area contributed by atoms with Crippen LogP contribution in [0, 0.1) is 0 Å². The topological polar surface area (TPSA) is 48.1 Å². The molecule has 3 heteroatoms. The quantitative estimate of drug-likeness (QED) is 0.698. The molecule has 3 nitrogen and oxygen atoms in total. The largest absolute Gasteiger partial charge is 0.380 e. The van der Waals surface area contributed by atoms with Crippen molar-refractivity contribution in [2.45, 2.75) is 12.5 Å². The molecule has 0 aromatic carbocycles. The molecule has 64 valence electrons. The first-order valence-corrected chi connectivity index (χ1v) is 4.13. The Balaban J connectivity index is 2.19. The van der Waals surface area contributed by atoms with Crippen molar-refractivity contribution in [1.29, 1.82) is 0 Å². The minimum atomic E-state index is 0.497. The molecular formula is C9H12N2O. The van der Waals surface area contributed by atoms with Crippen molar-refractivity contribution in [3.05, 3.63) is 29.6 Å². The lowest BCUT2D eigenvalue weighted by Crippen LogP contribution is -2.26. The number of nitrogens with zero attached hydrogens (tertiary/aromatic N) is 1. The lowest BCUT2D eigenvalue weighted by molar-refractivity contribution is 0.00669. The standard InChI is InChI=1S/C9H12N2O/c10-4-7-1-2-11-9(3-7)8-5-12-6-8/h1-3,8H,4-6,10H2. The van der Waals surface area contributed by atoms with Crippen molar-refractivity contribution in [3.63, 3.8) is 0 Å². The zero-order valence-electron chi connectivity index (χ0n) is 6.86. The molecule has 12 heavy (non-hydrogen) atoms. The summed E-state index contributed by atoms with van der Waals surface area (Å²) in [5.41, 5.74) is 7.78. The van der Waals surface area contributed by atoms with Crippen molar-refractivity contribution in [2.75, 3.05) is 13.2 Å². The molecule has 0 atom stereocenters. The maximum Gasteiger partial charge on any atom is 0.0572 e. The van der Waals surface area contributed by atoms with Gasteiger partial charge in [0.05, 0.1) is 13.2 Å². The summed E-state index contributed by atoms with van der Waals surface area (Å²) in [5.74, 6) is 0.497. The Morgan fingerprint density at radius 1 is 1.58 bits per heavy atom. The normalized spacial score (nSPS) is 17.4.